The van der Waals surface area contributed by atoms with Gasteiger partial charge in [-0.1, -0.05) is 52.8 Å². The Balaban J connectivity index is 1.57. The fourth-order valence-electron chi connectivity index (χ4n) is 5.19. The van der Waals surface area contributed by atoms with Crippen LogP contribution >= 0.6 is 0 Å². The minimum Gasteiger partial charge on any atom is -0.352 e. The number of carbonyl (C=O) groups is 2. The summed E-state index contributed by atoms with van der Waals surface area (Å²) >= 11 is 0. The van der Waals surface area contributed by atoms with E-state index in [-0.39, 0.29) is 23.4 Å². The van der Waals surface area contributed by atoms with Crippen LogP contribution in [0, 0.1) is 24.7 Å². The maximum absolute atomic E-state index is 13.4. The standard InChI is InChI=1S/C31H40N4O3/c1-19-8-9-21(17-32-29(38)30(3,4)5)20(2)26(19)27(36)34-23-11-10-22-18-33-35(28(37)25(22)16-23)24-12-14-31(6,7)15-13-24/h8-11,16,18,24H,12-15,17H2,1-7H3,(H,32,38)(H,34,36). The quantitative estimate of drug-likeness (QED) is 0.430. The van der Waals surface area contributed by atoms with Crippen LogP contribution < -0.4 is 16.2 Å². The molecule has 202 valence electrons. The van der Waals surface area contributed by atoms with Gasteiger partial charge in [0.15, 0.2) is 0 Å². The molecule has 2 aromatic carbocycles. The van der Waals surface area contributed by atoms with Crippen molar-refractivity contribution in [1.29, 1.82) is 0 Å². The molecule has 1 aliphatic rings. The number of amides is 2. The second kappa shape index (κ2) is 10.4. The Kier molecular flexibility index (Phi) is 7.51. The number of aromatic nitrogens is 2. The Hall–Kier alpha value is -3.48. The van der Waals surface area contributed by atoms with Crippen LogP contribution in [0.5, 0.6) is 0 Å². The molecule has 2 N–H and O–H groups in total. The van der Waals surface area contributed by atoms with Crippen LogP contribution in [0.4, 0.5) is 5.69 Å². The number of hydrogen-bond acceptors (Lipinski definition) is 4. The molecular weight excluding hydrogens is 476 g/mol. The molecule has 1 heterocycles. The van der Waals surface area contributed by atoms with Crippen LogP contribution in [-0.2, 0) is 11.3 Å². The van der Waals surface area contributed by atoms with Gasteiger partial charge in [0.1, 0.15) is 0 Å². The van der Waals surface area contributed by atoms with E-state index >= 15 is 0 Å². The molecule has 0 unspecified atom stereocenters. The lowest BCUT2D eigenvalue weighted by atomic mass is 9.75. The Labute approximate surface area is 225 Å². The topological polar surface area (TPSA) is 93.1 Å². The number of nitrogens with zero attached hydrogens (tertiary/aromatic N) is 2. The normalized spacial score (nSPS) is 15.9. The number of aryl methyl sites for hydroxylation is 1. The smallest absolute Gasteiger partial charge is 0.274 e. The molecule has 1 aliphatic carbocycles. The highest BCUT2D eigenvalue weighted by molar-refractivity contribution is 6.07. The van der Waals surface area contributed by atoms with Crippen LogP contribution in [0.1, 0.15) is 93.4 Å². The summed E-state index contributed by atoms with van der Waals surface area (Å²) in [4.78, 5) is 39.2. The van der Waals surface area contributed by atoms with Crippen molar-refractivity contribution in [2.45, 2.75) is 86.7 Å². The van der Waals surface area contributed by atoms with Gasteiger partial charge in [-0.2, -0.15) is 5.10 Å². The SMILES string of the molecule is Cc1ccc(CNC(=O)C(C)(C)C)c(C)c1C(=O)Nc1ccc2cnn(C3CCC(C)(C)CC3)c(=O)c2c1. The zero-order valence-electron chi connectivity index (χ0n) is 23.7. The largest absolute Gasteiger partial charge is 0.352 e. The Morgan fingerprint density at radius 1 is 1.08 bits per heavy atom. The maximum Gasteiger partial charge on any atom is 0.274 e. The molecule has 7 heteroatoms. The van der Waals surface area contributed by atoms with E-state index in [9.17, 15) is 14.4 Å². The number of benzene rings is 2. The molecule has 1 fully saturated rings. The van der Waals surface area contributed by atoms with Crippen LogP contribution in [-0.4, -0.2) is 21.6 Å². The second-order valence-corrected chi connectivity index (χ2v) is 12.5. The van der Waals surface area contributed by atoms with Crippen molar-refractivity contribution in [1.82, 2.24) is 15.1 Å². The molecule has 4 rings (SSSR count). The van der Waals surface area contributed by atoms with Gasteiger partial charge in [0.05, 0.1) is 17.6 Å². The van der Waals surface area contributed by atoms with E-state index in [0.29, 0.717) is 28.6 Å². The molecular formula is C31H40N4O3. The number of fused-ring (bicyclic) bond motifs is 1. The summed E-state index contributed by atoms with van der Waals surface area (Å²) in [6.45, 7) is 14.3. The number of hydrogen-bond donors (Lipinski definition) is 2. The molecule has 1 saturated carbocycles. The van der Waals surface area contributed by atoms with Gasteiger partial charge in [-0.25, -0.2) is 4.68 Å². The predicted octanol–water partition coefficient (Wildman–Crippen LogP) is 6.07. The summed E-state index contributed by atoms with van der Waals surface area (Å²) in [6, 6.07) is 9.32. The van der Waals surface area contributed by atoms with E-state index in [2.05, 4.69) is 29.6 Å². The van der Waals surface area contributed by atoms with Crippen molar-refractivity contribution in [3.05, 3.63) is 69.1 Å². The number of rotatable bonds is 5. The number of carbonyl (C=O) groups excluding carboxylic acids is 2. The second-order valence-electron chi connectivity index (χ2n) is 12.5. The molecule has 0 atom stereocenters. The fourth-order valence-corrected chi connectivity index (χ4v) is 5.19. The van der Waals surface area contributed by atoms with Gasteiger partial charge in [-0.05, 0) is 73.8 Å². The highest BCUT2D eigenvalue weighted by Crippen LogP contribution is 2.39. The van der Waals surface area contributed by atoms with E-state index in [1.807, 2.05) is 52.8 Å². The maximum atomic E-state index is 13.4. The first-order chi connectivity index (χ1) is 17.8. The van der Waals surface area contributed by atoms with Crippen LogP contribution in [0.3, 0.4) is 0 Å². The lowest BCUT2D eigenvalue weighted by Gasteiger charge is -2.34. The van der Waals surface area contributed by atoms with Crippen LogP contribution in [0.25, 0.3) is 10.8 Å². The summed E-state index contributed by atoms with van der Waals surface area (Å²) in [5, 5.41) is 11.7. The summed E-state index contributed by atoms with van der Waals surface area (Å²) in [7, 11) is 0. The molecule has 0 saturated heterocycles. The summed E-state index contributed by atoms with van der Waals surface area (Å²) in [5.41, 5.74) is 3.39. The molecule has 2 amide bonds. The lowest BCUT2D eigenvalue weighted by Crippen LogP contribution is -2.34. The number of nitrogens with one attached hydrogen (secondary N) is 2. The van der Waals surface area contributed by atoms with Gasteiger partial charge >= 0.3 is 0 Å². The molecule has 0 bridgehead atoms. The van der Waals surface area contributed by atoms with Crippen molar-refractivity contribution in [2.24, 2.45) is 10.8 Å². The highest BCUT2D eigenvalue weighted by atomic mass is 16.2. The average Bonchev–Trinajstić information content (AvgIpc) is 2.84. The van der Waals surface area contributed by atoms with Crippen molar-refractivity contribution in [3.63, 3.8) is 0 Å². The third-order valence-electron chi connectivity index (χ3n) is 7.86. The fraction of sp³-hybridized carbons (Fsp3) is 0.484. The molecule has 0 aliphatic heterocycles. The van der Waals surface area contributed by atoms with Gasteiger partial charge in [0.25, 0.3) is 11.5 Å². The zero-order valence-corrected chi connectivity index (χ0v) is 23.7. The Bertz CT molecular complexity index is 1440. The van der Waals surface area contributed by atoms with E-state index in [1.165, 1.54) is 0 Å². The van der Waals surface area contributed by atoms with Crippen LogP contribution in [0.15, 0.2) is 41.3 Å². The van der Waals surface area contributed by atoms with E-state index in [0.717, 1.165) is 47.8 Å². The van der Waals surface area contributed by atoms with Crippen molar-refractivity contribution in [3.8, 4) is 0 Å². The molecule has 1 aromatic heterocycles. The minimum atomic E-state index is -0.490. The van der Waals surface area contributed by atoms with Crippen molar-refractivity contribution < 1.29 is 9.59 Å². The first kappa shape index (κ1) is 27.6. The highest BCUT2D eigenvalue weighted by Gasteiger charge is 2.29. The Morgan fingerprint density at radius 3 is 2.42 bits per heavy atom. The monoisotopic (exact) mass is 516 g/mol. The van der Waals surface area contributed by atoms with Gasteiger partial charge in [-0.3, -0.25) is 14.4 Å². The van der Waals surface area contributed by atoms with Gasteiger partial charge < -0.3 is 10.6 Å². The number of anilines is 1. The molecule has 0 radical (unpaired) electrons. The molecule has 0 spiro atoms. The zero-order chi connectivity index (χ0) is 27.8. The molecule has 3 aromatic rings. The summed E-state index contributed by atoms with van der Waals surface area (Å²) < 4.78 is 1.63. The predicted molar refractivity (Wildman–Crippen MR) is 152 cm³/mol. The van der Waals surface area contributed by atoms with Gasteiger partial charge in [0, 0.05) is 28.6 Å². The summed E-state index contributed by atoms with van der Waals surface area (Å²) in [5.74, 6) is -0.288. The first-order valence-electron chi connectivity index (χ1n) is 13.5. The first-order valence-corrected chi connectivity index (χ1v) is 13.5. The van der Waals surface area contributed by atoms with E-state index in [1.54, 1.807) is 23.0 Å². The summed E-state index contributed by atoms with van der Waals surface area (Å²) in [6.07, 6.45) is 5.75. The van der Waals surface area contributed by atoms with Crippen LogP contribution in [0.2, 0.25) is 0 Å². The van der Waals surface area contributed by atoms with E-state index in [4.69, 9.17) is 0 Å². The van der Waals surface area contributed by atoms with Gasteiger partial charge in [0.2, 0.25) is 5.91 Å². The van der Waals surface area contributed by atoms with Gasteiger partial charge in [-0.15, -0.1) is 0 Å². The van der Waals surface area contributed by atoms with Crippen molar-refractivity contribution in [2.75, 3.05) is 5.32 Å². The Morgan fingerprint density at radius 2 is 1.76 bits per heavy atom. The lowest BCUT2D eigenvalue weighted by molar-refractivity contribution is -0.128. The van der Waals surface area contributed by atoms with E-state index < -0.39 is 5.41 Å². The minimum absolute atomic E-state index is 0.0447. The molecule has 38 heavy (non-hydrogen) atoms. The molecule has 7 nitrogen and oxygen atoms in total. The third kappa shape index (κ3) is 5.82. The third-order valence-corrected chi connectivity index (χ3v) is 7.86. The average molecular weight is 517 g/mol. The van der Waals surface area contributed by atoms with Crippen molar-refractivity contribution >= 4 is 28.3 Å².